The fourth-order valence-corrected chi connectivity index (χ4v) is 3.26. The molecule has 1 aromatic carbocycles. The van der Waals surface area contributed by atoms with Crippen LogP contribution in [0.5, 0.6) is 0 Å². The van der Waals surface area contributed by atoms with Crippen molar-refractivity contribution in [2.75, 3.05) is 19.6 Å². The van der Waals surface area contributed by atoms with Crippen molar-refractivity contribution in [1.82, 2.24) is 25.9 Å². The van der Waals surface area contributed by atoms with Crippen LogP contribution in [0.25, 0.3) is 11.0 Å². The first-order valence-electron chi connectivity index (χ1n) is 8.50. The van der Waals surface area contributed by atoms with Gasteiger partial charge in [0.2, 0.25) is 0 Å². The highest BCUT2D eigenvalue weighted by molar-refractivity contribution is 9.11. The summed E-state index contributed by atoms with van der Waals surface area (Å²) >= 11 is 9.57. The van der Waals surface area contributed by atoms with Gasteiger partial charge in [-0.25, -0.2) is 0 Å². The second kappa shape index (κ2) is 9.21. The number of aromatic nitrogens is 2. The van der Waals surface area contributed by atoms with Crippen molar-refractivity contribution in [3.8, 4) is 0 Å². The molecule has 138 valence electrons. The van der Waals surface area contributed by atoms with E-state index in [4.69, 9.17) is 11.6 Å². The van der Waals surface area contributed by atoms with Crippen molar-refractivity contribution in [2.45, 2.75) is 19.4 Å². The lowest BCUT2D eigenvalue weighted by atomic mass is 10.1. The number of hydrogen-bond donors (Lipinski definition) is 4. The van der Waals surface area contributed by atoms with Crippen LogP contribution in [0.1, 0.15) is 18.4 Å². The molecule has 8 heteroatoms. The van der Waals surface area contributed by atoms with Gasteiger partial charge in [0, 0.05) is 36.7 Å². The summed E-state index contributed by atoms with van der Waals surface area (Å²) in [6.07, 6.45) is 7.79. The summed E-state index contributed by atoms with van der Waals surface area (Å²) in [5, 5.41) is 20.0. The van der Waals surface area contributed by atoms with Crippen LogP contribution in [-0.4, -0.2) is 34.7 Å². The van der Waals surface area contributed by atoms with E-state index in [0.29, 0.717) is 28.3 Å². The maximum atomic E-state index is 9.96. The highest BCUT2D eigenvalue weighted by Crippen LogP contribution is 2.23. The molecule has 2 aromatic rings. The molecule has 1 aromatic heterocycles. The van der Waals surface area contributed by atoms with E-state index >= 15 is 0 Å². The van der Waals surface area contributed by atoms with E-state index in [-0.39, 0.29) is 5.76 Å². The number of nitrogens with zero attached hydrogens (tertiary/aromatic N) is 2. The van der Waals surface area contributed by atoms with E-state index in [1.807, 2.05) is 6.07 Å². The quantitative estimate of drug-likeness (QED) is 0.588. The minimum absolute atomic E-state index is 0.199. The normalized spacial score (nSPS) is 16.6. The van der Waals surface area contributed by atoms with Crippen LogP contribution in [0.3, 0.4) is 0 Å². The van der Waals surface area contributed by atoms with Gasteiger partial charge in [0.15, 0.2) is 5.76 Å². The Morgan fingerprint density at radius 1 is 1.15 bits per heavy atom. The van der Waals surface area contributed by atoms with Gasteiger partial charge in [-0.1, -0.05) is 11.6 Å². The lowest BCUT2D eigenvalue weighted by Crippen LogP contribution is -2.24. The number of fused-ring (bicyclic) bond motifs is 1. The number of aliphatic hydroxyl groups excluding tert-OH is 1. The van der Waals surface area contributed by atoms with Crippen LogP contribution in [0.4, 0.5) is 0 Å². The molecule has 0 radical (unpaired) electrons. The van der Waals surface area contributed by atoms with Gasteiger partial charge in [0.05, 0.1) is 21.2 Å². The van der Waals surface area contributed by atoms with Crippen LogP contribution in [0.15, 0.2) is 46.7 Å². The van der Waals surface area contributed by atoms with Gasteiger partial charge in [0.1, 0.15) is 0 Å². The van der Waals surface area contributed by atoms with E-state index in [2.05, 4.69) is 41.8 Å². The van der Waals surface area contributed by atoms with Gasteiger partial charge < -0.3 is 21.1 Å². The number of halogens is 2. The molecule has 2 aliphatic heterocycles. The second-order valence-corrected chi connectivity index (χ2v) is 7.36. The fourth-order valence-electron chi connectivity index (χ4n) is 2.66. The summed E-state index contributed by atoms with van der Waals surface area (Å²) in [4.78, 5) is 8.48. The fraction of sp³-hybridized carbons (Fsp3) is 0.333. The summed E-state index contributed by atoms with van der Waals surface area (Å²) in [7, 11) is 0. The Morgan fingerprint density at radius 2 is 1.85 bits per heavy atom. The lowest BCUT2D eigenvalue weighted by molar-refractivity contribution is 0.405. The average Bonchev–Trinajstić information content (AvgIpc) is 3.23. The first-order valence-corrected chi connectivity index (χ1v) is 9.67. The van der Waals surface area contributed by atoms with E-state index in [1.54, 1.807) is 24.7 Å². The third-order valence-corrected chi connectivity index (χ3v) is 5.09. The molecule has 0 unspecified atom stereocenters. The lowest BCUT2D eigenvalue weighted by Gasteiger charge is -2.17. The summed E-state index contributed by atoms with van der Waals surface area (Å²) < 4.78 is 0.711. The topological polar surface area (TPSA) is 82.1 Å². The molecule has 3 heterocycles. The smallest absolute Gasteiger partial charge is 0.152 e. The molecular weight excluding hydrogens is 418 g/mol. The van der Waals surface area contributed by atoms with Gasteiger partial charge >= 0.3 is 0 Å². The number of nitrogens with one attached hydrogen (secondary N) is 3. The minimum Gasteiger partial charge on any atom is -0.505 e. The number of benzene rings is 1. The Morgan fingerprint density at radius 3 is 2.50 bits per heavy atom. The van der Waals surface area contributed by atoms with Gasteiger partial charge in [0.25, 0.3) is 0 Å². The molecule has 0 saturated carbocycles. The zero-order chi connectivity index (χ0) is 18.4. The van der Waals surface area contributed by atoms with Crippen LogP contribution in [0, 0.1) is 0 Å². The summed E-state index contributed by atoms with van der Waals surface area (Å²) in [5.74, 6) is 0.199. The summed E-state index contributed by atoms with van der Waals surface area (Å²) in [5.41, 5.74) is 3.05. The molecule has 0 aliphatic carbocycles. The van der Waals surface area contributed by atoms with Gasteiger partial charge in [-0.3, -0.25) is 9.97 Å². The summed E-state index contributed by atoms with van der Waals surface area (Å²) in [6, 6.07) is 3.68. The predicted octanol–water partition coefficient (Wildman–Crippen LogP) is 3.35. The zero-order valence-corrected chi connectivity index (χ0v) is 16.6. The van der Waals surface area contributed by atoms with Crippen LogP contribution in [0.2, 0.25) is 5.02 Å². The van der Waals surface area contributed by atoms with E-state index in [1.165, 1.54) is 25.9 Å². The second-order valence-electron chi connectivity index (χ2n) is 5.99. The van der Waals surface area contributed by atoms with Crippen molar-refractivity contribution in [3.05, 3.63) is 57.3 Å². The molecule has 1 saturated heterocycles. The highest BCUT2D eigenvalue weighted by Gasteiger charge is 2.13. The Balaban J connectivity index is 0.000000339. The molecule has 26 heavy (non-hydrogen) atoms. The molecule has 4 rings (SSSR count). The van der Waals surface area contributed by atoms with E-state index in [0.717, 1.165) is 16.6 Å². The Bertz CT molecular complexity index is 828. The van der Waals surface area contributed by atoms with Crippen molar-refractivity contribution < 1.29 is 5.11 Å². The highest BCUT2D eigenvalue weighted by atomic mass is 79.9. The molecule has 4 N–H and O–H groups in total. The Kier molecular flexibility index (Phi) is 6.71. The van der Waals surface area contributed by atoms with Crippen molar-refractivity contribution in [2.24, 2.45) is 0 Å². The molecule has 0 atom stereocenters. The minimum atomic E-state index is 0.199. The van der Waals surface area contributed by atoms with Crippen LogP contribution >= 0.6 is 27.5 Å². The number of rotatable bonds is 3. The third kappa shape index (κ3) is 4.87. The van der Waals surface area contributed by atoms with Crippen LogP contribution < -0.4 is 16.0 Å². The number of dihydropyridines is 1. The van der Waals surface area contributed by atoms with Crippen molar-refractivity contribution in [3.63, 3.8) is 0 Å². The zero-order valence-electron chi connectivity index (χ0n) is 14.2. The maximum absolute atomic E-state index is 9.96. The van der Waals surface area contributed by atoms with Gasteiger partial charge in [-0.05, 0) is 59.6 Å². The molecule has 2 aliphatic rings. The largest absolute Gasteiger partial charge is 0.505 e. The Labute approximate surface area is 165 Å². The predicted molar refractivity (Wildman–Crippen MR) is 108 cm³/mol. The Hall–Kier alpha value is -1.83. The van der Waals surface area contributed by atoms with Gasteiger partial charge in [-0.15, -0.1) is 0 Å². The molecule has 0 spiro atoms. The van der Waals surface area contributed by atoms with Gasteiger partial charge in [-0.2, -0.15) is 0 Å². The van der Waals surface area contributed by atoms with Crippen LogP contribution in [-0.2, 0) is 6.54 Å². The third-order valence-electron chi connectivity index (χ3n) is 4.08. The molecule has 1 fully saturated rings. The van der Waals surface area contributed by atoms with Crippen molar-refractivity contribution >= 4 is 38.6 Å². The SMILES string of the molecule is C1CCNC1.OC1=C(Br)CNC=C1NCc1cc2nccnc2cc1Cl. The monoisotopic (exact) mass is 437 g/mol. The molecule has 0 bridgehead atoms. The first kappa shape index (κ1) is 18.9. The van der Waals surface area contributed by atoms with Crippen molar-refractivity contribution in [1.29, 1.82) is 0 Å². The first-order chi connectivity index (χ1) is 12.6. The van der Waals surface area contributed by atoms with E-state index < -0.39 is 0 Å². The molecular formula is C18H21BrClN5O. The number of hydrogen-bond acceptors (Lipinski definition) is 6. The molecule has 6 nitrogen and oxygen atoms in total. The standard InChI is InChI=1S/C14H12BrClN4O.C4H9N/c15-9-6-17-7-13(14(9)21)20-5-8-3-11-12(4-10(8)16)19-2-1-18-11;1-2-4-5-3-1/h1-4,7,17,20-21H,5-6H2;5H,1-4H2. The molecule has 0 amide bonds. The average molecular weight is 439 g/mol. The van der Waals surface area contributed by atoms with E-state index in [9.17, 15) is 5.11 Å². The maximum Gasteiger partial charge on any atom is 0.152 e. The summed E-state index contributed by atoms with van der Waals surface area (Å²) in [6.45, 7) is 3.55. The number of aliphatic hydroxyl groups is 1.